The lowest BCUT2D eigenvalue weighted by Crippen LogP contribution is -2.21. The fourth-order valence-corrected chi connectivity index (χ4v) is 2.75. The highest BCUT2D eigenvalue weighted by Crippen LogP contribution is 2.57. The van der Waals surface area contributed by atoms with Crippen LogP contribution in [0.4, 0.5) is 0 Å². The maximum atomic E-state index is 11.4. The van der Waals surface area contributed by atoms with Gasteiger partial charge in [0.1, 0.15) is 5.75 Å². The van der Waals surface area contributed by atoms with Gasteiger partial charge in [-0.3, -0.25) is 4.79 Å². The Hall–Kier alpha value is -1.51. The van der Waals surface area contributed by atoms with Crippen LogP contribution in [0.1, 0.15) is 12.0 Å². The van der Waals surface area contributed by atoms with Crippen LogP contribution >= 0.6 is 0 Å². The normalized spacial score (nSPS) is 30.8. The first-order chi connectivity index (χ1) is 7.73. The second-order valence-electron chi connectivity index (χ2n) is 4.87. The molecule has 1 heterocycles. The summed E-state index contributed by atoms with van der Waals surface area (Å²) in [5, 5.41) is 2.94. The second kappa shape index (κ2) is 3.24. The summed E-state index contributed by atoms with van der Waals surface area (Å²) in [6.07, 6.45) is 2.03. The average molecular weight is 217 g/mol. The van der Waals surface area contributed by atoms with Gasteiger partial charge in [-0.15, -0.1) is 0 Å². The van der Waals surface area contributed by atoms with E-state index in [-0.39, 0.29) is 17.2 Å². The SMILES string of the molecule is COc1cccc(CC23CNC(=O)C2C3)c1. The summed E-state index contributed by atoms with van der Waals surface area (Å²) < 4.78 is 5.20. The van der Waals surface area contributed by atoms with Crippen LogP contribution in [0.3, 0.4) is 0 Å². The molecule has 0 bridgehead atoms. The Morgan fingerprint density at radius 2 is 2.44 bits per heavy atom. The minimum Gasteiger partial charge on any atom is -0.497 e. The van der Waals surface area contributed by atoms with Crippen LogP contribution in [-0.4, -0.2) is 19.6 Å². The molecule has 3 nitrogen and oxygen atoms in total. The van der Waals surface area contributed by atoms with Crippen LogP contribution < -0.4 is 10.1 Å². The van der Waals surface area contributed by atoms with Crippen molar-refractivity contribution in [3.05, 3.63) is 29.8 Å². The first-order valence-electron chi connectivity index (χ1n) is 5.64. The molecule has 16 heavy (non-hydrogen) atoms. The highest BCUT2D eigenvalue weighted by molar-refractivity contribution is 5.85. The number of amides is 1. The van der Waals surface area contributed by atoms with Gasteiger partial charge in [0.2, 0.25) is 5.91 Å². The molecule has 1 saturated carbocycles. The minimum atomic E-state index is 0.212. The van der Waals surface area contributed by atoms with E-state index in [0.29, 0.717) is 0 Å². The van der Waals surface area contributed by atoms with Gasteiger partial charge in [-0.25, -0.2) is 0 Å². The molecule has 0 spiro atoms. The number of methoxy groups -OCH3 is 1. The maximum absolute atomic E-state index is 11.4. The van der Waals surface area contributed by atoms with Crippen molar-refractivity contribution in [1.82, 2.24) is 5.32 Å². The third-order valence-corrected chi connectivity index (χ3v) is 3.81. The number of rotatable bonds is 3. The smallest absolute Gasteiger partial charge is 0.223 e. The van der Waals surface area contributed by atoms with Crippen molar-refractivity contribution < 1.29 is 9.53 Å². The van der Waals surface area contributed by atoms with Crippen LogP contribution in [-0.2, 0) is 11.2 Å². The van der Waals surface area contributed by atoms with E-state index >= 15 is 0 Å². The largest absolute Gasteiger partial charge is 0.497 e. The number of hydrogen-bond donors (Lipinski definition) is 1. The molecule has 1 N–H and O–H groups in total. The number of hydrogen-bond acceptors (Lipinski definition) is 2. The van der Waals surface area contributed by atoms with Crippen LogP contribution in [0.5, 0.6) is 5.75 Å². The van der Waals surface area contributed by atoms with E-state index in [4.69, 9.17) is 4.74 Å². The van der Waals surface area contributed by atoms with Gasteiger partial charge in [0.25, 0.3) is 0 Å². The van der Waals surface area contributed by atoms with Gasteiger partial charge in [0.15, 0.2) is 0 Å². The zero-order valence-electron chi connectivity index (χ0n) is 9.32. The Balaban J connectivity index is 1.78. The van der Waals surface area contributed by atoms with E-state index < -0.39 is 0 Å². The topological polar surface area (TPSA) is 38.3 Å². The molecule has 2 aliphatic rings. The molecule has 1 amide bonds. The number of carbonyl (C=O) groups is 1. The van der Waals surface area contributed by atoms with E-state index in [2.05, 4.69) is 17.4 Å². The number of ether oxygens (including phenoxy) is 1. The zero-order chi connectivity index (χ0) is 11.2. The molecular formula is C13H15NO2. The summed E-state index contributed by atoms with van der Waals surface area (Å²) in [7, 11) is 1.68. The number of nitrogens with one attached hydrogen (secondary N) is 1. The van der Waals surface area contributed by atoms with E-state index in [1.165, 1.54) is 5.56 Å². The molecule has 2 unspecified atom stereocenters. The third-order valence-electron chi connectivity index (χ3n) is 3.81. The molecule has 2 atom stereocenters. The second-order valence-corrected chi connectivity index (χ2v) is 4.87. The fourth-order valence-electron chi connectivity index (χ4n) is 2.75. The molecule has 3 rings (SSSR count). The summed E-state index contributed by atoms with van der Waals surface area (Å²) in [6, 6.07) is 8.12. The predicted molar refractivity (Wildman–Crippen MR) is 60.2 cm³/mol. The highest BCUT2D eigenvalue weighted by atomic mass is 16.5. The summed E-state index contributed by atoms with van der Waals surface area (Å²) in [6.45, 7) is 0.841. The van der Waals surface area contributed by atoms with Gasteiger partial charge in [-0.1, -0.05) is 12.1 Å². The van der Waals surface area contributed by atoms with Gasteiger partial charge in [-0.05, 0) is 30.5 Å². The van der Waals surface area contributed by atoms with Crippen LogP contribution in [0.15, 0.2) is 24.3 Å². The first kappa shape index (κ1) is 9.70. The van der Waals surface area contributed by atoms with Crippen LogP contribution in [0.25, 0.3) is 0 Å². The van der Waals surface area contributed by atoms with Crippen molar-refractivity contribution in [1.29, 1.82) is 0 Å². The Morgan fingerprint density at radius 1 is 1.56 bits per heavy atom. The lowest BCUT2D eigenvalue weighted by Gasteiger charge is -2.11. The van der Waals surface area contributed by atoms with Crippen LogP contribution in [0.2, 0.25) is 0 Å². The van der Waals surface area contributed by atoms with Crippen molar-refractivity contribution in [2.24, 2.45) is 11.3 Å². The number of piperidine rings is 1. The predicted octanol–water partition coefficient (Wildman–Crippen LogP) is 1.37. The van der Waals surface area contributed by atoms with Crippen molar-refractivity contribution in [3.63, 3.8) is 0 Å². The van der Waals surface area contributed by atoms with E-state index in [1.807, 2.05) is 12.1 Å². The lowest BCUT2D eigenvalue weighted by molar-refractivity contribution is -0.120. The van der Waals surface area contributed by atoms with Gasteiger partial charge in [0.05, 0.1) is 7.11 Å². The lowest BCUT2D eigenvalue weighted by atomic mass is 9.95. The zero-order valence-corrected chi connectivity index (χ0v) is 9.32. The summed E-state index contributed by atoms with van der Waals surface area (Å²) in [5.41, 5.74) is 1.47. The van der Waals surface area contributed by atoms with E-state index in [1.54, 1.807) is 7.11 Å². The summed E-state index contributed by atoms with van der Waals surface area (Å²) >= 11 is 0. The Labute approximate surface area is 94.8 Å². The number of fused-ring (bicyclic) bond motifs is 1. The van der Waals surface area contributed by atoms with Gasteiger partial charge in [0, 0.05) is 17.9 Å². The molecule has 3 heteroatoms. The number of benzene rings is 1. The van der Waals surface area contributed by atoms with Crippen LogP contribution in [0, 0.1) is 11.3 Å². The molecule has 1 aliphatic heterocycles. The van der Waals surface area contributed by atoms with Gasteiger partial charge < -0.3 is 10.1 Å². The Kier molecular flexibility index (Phi) is 1.96. The van der Waals surface area contributed by atoms with E-state index in [9.17, 15) is 4.79 Å². The quantitative estimate of drug-likeness (QED) is 0.830. The molecule has 0 aromatic heterocycles. The van der Waals surface area contributed by atoms with Gasteiger partial charge in [-0.2, -0.15) is 0 Å². The van der Waals surface area contributed by atoms with E-state index in [0.717, 1.165) is 25.1 Å². The van der Waals surface area contributed by atoms with Crippen molar-refractivity contribution in [3.8, 4) is 5.75 Å². The molecule has 1 aromatic carbocycles. The number of carbonyl (C=O) groups excluding carboxylic acids is 1. The van der Waals surface area contributed by atoms with Gasteiger partial charge >= 0.3 is 0 Å². The third kappa shape index (κ3) is 1.39. The monoisotopic (exact) mass is 217 g/mol. The minimum absolute atomic E-state index is 0.212. The van der Waals surface area contributed by atoms with Crippen molar-refractivity contribution in [2.45, 2.75) is 12.8 Å². The molecule has 1 aliphatic carbocycles. The van der Waals surface area contributed by atoms with Crippen molar-refractivity contribution >= 4 is 5.91 Å². The molecular weight excluding hydrogens is 202 g/mol. The highest BCUT2D eigenvalue weighted by Gasteiger charge is 2.61. The molecule has 0 radical (unpaired) electrons. The summed E-state index contributed by atoms with van der Waals surface area (Å²) in [5.74, 6) is 1.39. The fraction of sp³-hybridized carbons (Fsp3) is 0.462. The molecule has 1 aromatic rings. The standard InChI is InChI=1S/C13H15NO2/c1-16-10-4-2-3-9(5-10)6-13-7-11(13)12(15)14-8-13/h2-5,11H,6-8H2,1H3,(H,14,15). The molecule has 2 fully saturated rings. The summed E-state index contributed by atoms with van der Waals surface area (Å²) in [4.78, 5) is 11.4. The maximum Gasteiger partial charge on any atom is 0.223 e. The Bertz CT molecular complexity index is 443. The van der Waals surface area contributed by atoms with Crippen molar-refractivity contribution in [2.75, 3.05) is 13.7 Å². The Morgan fingerprint density at radius 3 is 3.06 bits per heavy atom. The first-order valence-corrected chi connectivity index (χ1v) is 5.64. The average Bonchev–Trinajstić information content (AvgIpc) is 2.93. The molecule has 1 saturated heterocycles. The molecule has 84 valence electrons.